The van der Waals surface area contributed by atoms with Gasteiger partial charge in [0.15, 0.2) is 5.65 Å². The molecule has 2 aromatic heterocycles. The fraction of sp³-hybridized carbons (Fsp3) is 0.267. The number of fused-ring (bicyclic) bond motifs is 1. The highest BCUT2D eigenvalue weighted by molar-refractivity contribution is 6.04. The molecular formula is C30H28F2N6O3. The first kappa shape index (κ1) is 27.9. The number of carboxylic acid groups (broad SMARTS) is 1. The molecule has 0 radical (unpaired) electrons. The smallest absolute Gasteiger partial charge is 0.335 e. The number of carbonyl (C=O) groups excluding carboxylic acids is 1. The second kappa shape index (κ2) is 11.8. The fourth-order valence-electron chi connectivity index (χ4n) is 4.60. The minimum atomic E-state index is -2.67. The summed E-state index contributed by atoms with van der Waals surface area (Å²) in [4.78, 5) is 28.6. The molecule has 1 fully saturated rings. The van der Waals surface area contributed by atoms with E-state index < -0.39 is 18.3 Å². The van der Waals surface area contributed by atoms with E-state index in [1.165, 1.54) is 24.4 Å². The maximum atomic E-state index is 13.9. The van der Waals surface area contributed by atoms with Crippen LogP contribution in [0.3, 0.4) is 0 Å². The molecular weight excluding hydrogens is 530 g/mol. The maximum absolute atomic E-state index is 13.9. The minimum absolute atomic E-state index is 0.0873. The summed E-state index contributed by atoms with van der Waals surface area (Å²) in [5.41, 5.74) is 2.90. The lowest BCUT2D eigenvalue weighted by Gasteiger charge is -2.32. The van der Waals surface area contributed by atoms with E-state index >= 15 is 0 Å². The van der Waals surface area contributed by atoms with Gasteiger partial charge in [0.2, 0.25) is 5.82 Å². The van der Waals surface area contributed by atoms with Crippen LogP contribution in [0.5, 0.6) is 0 Å². The molecule has 0 spiro atoms. The number of alkyl halides is 2. The molecule has 1 aliphatic rings. The van der Waals surface area contributed by atoms with Gasteiger partial charge in [-0.2, -0.15) is 0 Å². The first-order valence-corrected chi connectivity index (χ1v) is 13.0. The van der Waals surface area contributed by atoms with Gasteiger partial charge in [-0.3, -0.25) is 14.1 Å². The van der Waals surface area contributed by atoms with Crippen molar-refractivity contribution in [1.29, 1.82) is 0 Å². The van der Waals surface area contributed by atoms with Crippen LogP contribution in [0, 0.1) is 18.8 Å². The Balaban J connectivity index is 1.33. The van der Waals surface area contributed by atoms with Gasteiger partial charge in [-0.15, -0.1) is 10.2 Å². The Bertz CT molecular complexity index is 1680. The molecule has 4 aromatic rings. The number of carboxylic acids is 1. The van der Waals surface area contributed by atoms with E-state index in [0.717, 1.165) is 31.7 Å². The topological polar surface area (TPSA) is 103 Å². The Morgan fingerprint density at radius 1 is 1.00 bits per heavy atom. The van der Waals surface area contributed by atoms with E-state index in [0.29, 0.717) is 34.7 Å². The van der Waals surface area contributed by atoms with Crippen molar-refractivity contribution in [3.8, 4) is 11.8 Å². The van der Waals surface area contributed by atoms with E-state index in [1.54, 1.807) is 34.7 Å². The van der Waals surface area contributed by atoms with Crippen LogP contribution >= 0.6 is 0 Å². The van der Waals surface area contributed by atoms with Crippen LogP contribution in [-0.4, -0.2) is 74.6 Å². The predicted molar refractivity (Wildman–Crippen MR) is 149 cm³/mol. The van der Waals surface area contributed by atoms with Crippen LogP contribution in [0.2, 0.25) is 0 Å². The second-order valence-corrected chi connectivity index (χ2v) is 10.00. The van der Waals surface area contributed by atoms with E-state index in [-0.39, 0.29) is 16.8 Å². The lowest BCUT2D eigenvalue weighted by Crippen LogP contribution is -2.44. The van der Waals surface area contributed by atoms with E-state index in [9.17, 15) is 18.4 Å². The van der Waals surface area contributed by atoms with Gasteiger partial charge in [0, 0.05) is 61.3 Å². The van der Waals surface area contributed by atoms with Crippen molar-refractivity contribution in [1.82, 2.24) is 24.4 Å². The Kier molecular flexibility index (Phi) is 8.05. The monoisotopic (exact) mass is 558 g/mol. The number of rotatable bonds is 6. The Labute approximate surface area is 235 Å². The SMILES string of the molecule is Cc1ccc(C(=O)Nc2ccc(CN3CCN(C)CC3)c(C(F)F)c2)cc1C#Cc1nnc2cc(C(=O)O)ccn12. The van der Waals surface area contributed by atoms with Crippen LogP contribution in [0.4, 0.5) is 14.5 Å². The Morgan fingerprint density at radius 3 is 2.51 bits per heavy atom. The standard InChI is InChI=1S/C30H28F2N6O3/c1-19-3-4-21(15-20(19)6-8-26-34-35-27-16-22(30(40)41)9-10-38(26)27)29(39)33-24-7-5-23(25(17-24)28(31)32)18-37-13-11-36(2)12-14-37/h3-5,7,9-10,15-17,28H,11-14,18H2,1-2H3,(H,33,39)(H,40,41). The maximum Gasteiger partial charge on any atom is 0.335 e. The summed E-state index contributed by atoms with van der Waals surface area (Å²) in [6.45, 7) is 5.70. The summed E-state index contributed by atoms with van der Waals surface area (Å²) >= 11 is 0. The van der Waals surface area contributed by atoms with E-state index in [2.05, 4.69) is 37.2 Å². The highest BCUT2D eigenvalue weighted by Gasteiger charge is 2.20. The summed E-state index contributed by atoms with van der Waals surface area (Å²) in [6, 6.07) is 12.5. The number of pyridine rings is 1. The average Bonchev–Trinajstić information content (AvgIpc) is 3.36. The van der Waals surface area contributed by atoms with Crippen molar-refractivity contribution in [2.24, 2.45) is 0 Å². The molecule has 1 amide bonds. The zero-order valence-corrected chi connectivity index (χ0v) is 22.6. The predicted octanol–water partition coefficient (Wildman–Crippen LogP) is 4.07. The zero-order valence-electron chi connectivity index (χ0n) is 22.6. The van der Waals surface area contributed by atoms with Crippen LogP contribution in [-0.2, 0) is 6.54 Å². The molecule has 0 bridgehead atoms. The fourth-order valence-corrected chi connectivity index (χ4v) is 4.60. The zero-order chi connectivity index (χ0) is 29.1. The lowest BCUT2D eigenvalue weighted by molar-refractivity contribution is 0.0696. The van der Waals surface area contributed by atoms with Crippen molar-refractivity contribution in [3.63, 3.8) is 0 Å². The van der Waals surface area contributed by atoms with Crippen LogP contribution in [0.25, 0.3) is 5.65 Å². The van der Waals surface area contributed by atoms with Gasteiger partial charge in [-0.25, -0.2) is 13.6 Å². The molecule has 1 aliphatic heterocycles. The average molecular weight is 559 g/mol. The largest absolute Gasteiger partial charge is 0.478 e. The van der Waals surface area contributed by atoms with Crippen LogP contribution in [0.15, 0.2) is 54.7 Å². The molecule has 0 saturated carbocycles. The number of carbonyl (C=O) groups is 2. The van der Waals surface area contributed by atoms with Crippen molar-refractivity contribution >= 4 is 23.2 Å². The third-order valence-electron chi connectivity index (χ3n) is 7.09. The van der Waals surface area contributed by atoms with Crippen molar-refractivity contribution in [3.05, 3.63) is 93.9 Å². The normalized spacial score (nSPS) is 14.2. The van der Waals surface area contributed by atoms with E-state index in [4.69, 9.17) is 5.11 Å². The third-order valence-corrected chi connectivity index (χ3v) is 7.09. The second-order valence-electron chi connectivity index (χ2n) is 10.00. The van der Waals surface area contributed by atoms with Crippen molar-refractivity contribution in [2.45, 2.75) is 19.9 Å². The highest BCUT2D eigenvalue weighted by atomic mass is 19.3. The summed E-state index contributed by atoms with van der Waals surface area (Å²) in [5, 5.41) is 19.9. The number of aromatic nitrogens is 3. The number of anilines is 1. The Hall–Kier alpha value is -4.66. The molecule has 2 aromatic carbocycles. The summed E-state index contributed by atoms with van der Waals surface area (Å²) in [6.07, 6.45) is -1.14. The van der Waals surface area contributed by atoms with Gasteiger partial charge in [0.05, 0.1) is 5.56 Å². The number of nitrogens with one attached hydrogen (secondary N) is 1. The lowest BCUT2D eigenvalue weighted by atomic mass is 10.0. The number of nitrogens with zero attached hydrogens (tertiary/aromatic N) is 5. The van der Waals surface area contributed by atoms with Gasteiger partial charge >= 0.3 is 5.97 Å². The number of hydrogen-bond acceptors (Lipinski definition) is 6. The summed E-state index contributed by atoms with van der Waals surface area (Å²) in [7, 11) is 2.04. The highest BCUT2D eigenvalue weighted by Crippen LogP contribution is 2.28. The molecule has 5 rings (SSSR count). The molecule has 0 unspecified atom stereocenters. The molecule has 210 valence electrons. The van der Waals surface area contributed by atoms with Crippen molar-refractivity contribution < 1.29 is 23.5 Å². The number of aryl methyl sites for hydroxylation is 1. The molecule has 1 saturated heterocycles. The van der Waals surface area contributed by atoms with Crippen molar-refractivity contribution in [2.75, 3.05) is 38.5 Å². The number of aromatic carboxylic acids is 1. The molecule has 0 atom stereocenters. The molecule has 0 aliphatic carbocycles. The quantitative estimate of drug-likeness (QED) is 0.344. The molecule has 3 heterocycles. The molecule has 9 nitrogen and oxygen atoms in total. The number of benzene rings is 2. The van der Waals surface area contributed by atoms with E-state index in [1.807, 2.05) is 14.0 Å². The molecule has 41 heavy (non-hydrogen) atoms. The summed E-state index contributed by atoms with van der Waals surface area (Å²) in [5.74, 6) is 4.71. The molecule has 11 heteroatoms. The molecule has 2 N–H and O–H groups in total. The van der Waals surface area contributed by atoms with Crippen LogP contribution < -0.4 is 5.32 Å². The number of amides is 1. The van der Waals surface area contributed by atoms with Crippen LogP contribution in [0.1, 0.15) is 55.2 Å². The summed E-state index contributed by atoms with van der Waals surface area (Å²) < 4.78 is 29.5. The number of piperazine rings is 1. The minimum Gasteiger partial charge on any atom is -0.478 e. The van der Waals surface area contributed by atoms with Gasteiger partial charge in [-0.1, -0.05) is 18.1 Å². The number of halogens is 2. The number of likely N-dealkylation sites (N-methyl/N-ethyl adjacent to an activating group) is 1. The first-order valence-electron chi connectivity index (χ1n) is 13.0. The van der Waals surface area contributed by atoms with Gasteiger partial charge in [-0.05, 0) is 67.4 Å². The van der Waals surface area contributed by atoms with Gasteiger partial charge in [0.1, 0.15) is 0 Å². The first-order chi connectivity index (χ1) is 19.7. The number of hydrogen-bond donors (Lipinski definition) is 2. The van der Waals surface area contributed by atoms with Gasteiger partial charge < -0.3 is 15.3 Å². The Morgan fingerprint density at radius 2 is 1.78 bits per heavy atom. The third kappa shape index (κ3) is 6.40. The van der Waals surface area contributed by atoms with Gasteiger partial charge in [0.25, 0.3) is 12.3 Å².